The summed E-state index contributed by atoms with van der Waals surface area (Å²) >= 11 is 1.59. The molecule has 1 amide bonds. The number of imidazole rings is 1. The maximum Gasteiger partial charge on any atom is 0.328 e. The Morgan fingerprint density at radius 2 is 1.88 bits per heavy atom. The second-order valence-electron chi connectivity index (χ2n) is 8.81. The van der Waals surface area contributed by atoms with Crippen molar-refractivity contribution in [3.05, 3.63) is 68.4 Å². The minimum absolute atomic E-state index is 0.00357. The topological polar surface area (TPSA) is 59.3 Å². The van der Waals surface area contributed by atoms with Gasteiger partial charge in [-0.05, 0) is 60.2 Å². The number of likely N-dealkylation sites (tertiary alicyclic amines) is 1. The maximum atomic E-state index is 12.6. The van der Waals surface area contributed by atoms with Gasteiger partial charge in [-0.2, -0.15) is 0 Å². The molecule has 1 aliphatic rings. The zero-order valence-electron chi connectivity index (χ0n) is 18.9. The van der Waals surface area contributed by atoms with E-state index < -0.39 is 0 Å². The van der Waals surface area contributed by atoms with Gasteiger partial charge >= 0.3 is 5.69 Å². The zero-order valence-corrected chi connectivity index (χ0v) is 19.8. The van der Waals surface area contributed by atoms with Crippen LogP contribution in [-0.2, 0) is 20.6 Å². The highest BCUT2D eigenvalue weighted by atomic mass is 32.1. The number of fused-ring (bicyclic) bond motifs is 2. The number of aryl methyl sites for hydroxylation is 3. The highest BCUT2D eigenvalue weighted by Gasteiger charge is 2.30. The SMILES string of the molecule is CNC(=O)c1sc2ccccc2c1[C@H]1CCN(Cc2cc3c(cc2C)n(C)c(=O)n3C)C1. The van der Waals surface area contributed by atoms with E-state index in [0.717, 1.165) is 42.0 Å². The van der Waals surface area contributed by atoms with Gasteiger partial charge < -0.3 is 5.32 Å². The molecular formula is C25H28N4O2S. The van der Waals surface area contributed by atoms with E-state index in [4.69, 9.17) is 0 Å². The minimum Gasteiger partial charge on any atom is -0.354 e. The number of carbonyl (C=O) groups excluding carboxylic acids is 1. The van der Waals surface area contributed by atoms with Gasteiger partial charge in [0.25, 0.3) is 5.91 Å². The van der Waals surface area contributed by atoms with Crippen LogP contribution in [0.25, 0.3) is 21.1 Å². The predicted molar refractivity (Wildman–Crippen MR) is 131 cm³/mol. The van der Waals surface area contributed by atoms with E-state index in [1.54, 1.807) is 27.5 Å². The number of rotatable bonds is 4. The Bertz CT molecular complexity index is 1410. The molecule has 4 aromatic rings. The van der Waals surface area contributed by atoms with E-state index in [1.807, 2.05) is 20.2 Å². The van der Waals surface area contributed by atoms with Crippen LogP contribution in [0.2, 0.25) is 0 Å². The maximum absolute atomic E-state index is 12.6. The lowest BCUT2D eigenvalue weighted by molar-refractivity contribution is 0.0966. The van der Waals surface area contributed by atoms with Crippen molar-refractivity contribution in [2.45, 2.75) is 25.8 Å². The van der Waals surface area contributed by atoms with Gasteiger partial charge in [0.1, 0.15) is 0 Å². The van der Waals surface area contributed by atoms with Crippen molar-refractivity contribution in [2.24, 2.45) is 14.1 Å². The van der Waals surface area contributed by atoms with Crippen LogP contribution in [0.15, 0.2) is 41.2 Å². The van der Waals surface area contributed by atoms with Gasteiger partial charge in [-0.1, -0.05) is 18.2 Å². The standard InChI is InChI=1S/C25H28N4O2S/c1-15-11-19-20(28(4)25(31)27(19)3)12-17(15)14-29-10-9-16(13-29)22-18-7-5-6-8-21(18)32-23(22)24(30)26-2/h5-8,11-12,16H,9-10,13-14H2,1-4H3,(H,26,30)/t16-/m0/s1. The van der Waals surface area contributed by atoms with Gasteiger partial charge in [-0.3, -0.25) is 18.8 Å². The van der Waals surface area contributed by atoms with Gasteiger partial charge in [0.2, 0.25) is 0 Å². The Kier molecular flexibility index (Phi) is 5.18. The average Bonchev–Trinajstić information content (AvgIpc) is 3.46. The van der Waals surface area contributed by atoms with Crippen molar-refractivity contribution in [1.82, 2.24) is 19.4 Å². The summed E-state index contributed by atoms with van der Waals surface area (Å²) in [6.07, 6.45) is 1.04. The van der Waals surface area contributed by atoms with Crippen molar-refractivity contribution in [2.75, 3.05) is 20.1 Å². The fourth-order valence-electron chi connectivity index (χ4n) is 5.07. The molecule has 0 saturated carbocycles. The van der Waals surface area contributed by atoms with Crippen molar-refractivity contribution in [3.8, 4) is 0 Å². The highest BCUT2D eigenvalue weighted by molar-refractivity contribution is 7.21. The highest BCUT2D eigenvalue weighted by Crippen LogP contribution is 2.40. The molecule has 7 heteroatoms. The van der Waals surface area contributed by atoms with E-state index >= 15 is 0 Å². The first kappa shape index (κ1) is 21.0. The third-order valence-electron chi connectivity index (χ3n) is 6.87. The number of hydrogen-bond acceptors (Lipinski definition) is 4. The first-order valence-corrected chi connectivity index (χ1v) is 11.8. The van der Waals surface area contributed by atoms with Crippen molar-refractivity contribution < 1.29 is 4.79 Å². The lowest BCUT2D eigenvalue weighted by atomic mass is 9.95. The van der Waals surface area contributed by atoms with Crippen LogP contribution < -0.4 is 11.0 Å². The summed E-state index contributed by atoms with van der Waals surface area (Å²) in [6, 6.07) is 12.6. The molecule has 32 heavy (non-hydrogen) atoms. The first-order valence-electron chi connectivity index (χ1n) is 11.0. The second-order valence-corrected chi connectivity index (χ2v) is 9.86. The summed E-state index contributed by atoms with van der Waals surface area (Å²) in [7, 11) is 5.36. The van der Waals surface area contributed by atoms with Crippen LogP contribution in [-0.4, -0.2) is 40.1 Å². The smallest absolute Gasteiger partial charge is 0.328 e. The summed E-state index contributed by atoms with van der Waals surface area (Å²) in [6.45, 7) is 4.89. The summed E-state index contributed by atoms with van der Waals surface area (Å²) < 4.78 is 4.60. The summed E-state index contributed by atoms with van der Waals surface area (Å²) in [4.78, 5) is 28.3. The van der Waals surface area contributed by atoms with E-state index in [1.165, 1.54) is 26.8 Å². The molecule has 5 rings (SSSR count). The normalized spacial score (nSPS) is 16.9. The summed E-state index contributed by atoms with van der Waals surface area (Å²) in [5.41, 5.74) is 5.60. The molecule has 1 fully saturated rings. The van der Waals surface area contributed by atoms with Gasteiger partial charge in [0.15, 0.2) is 0 Å². The molecule has 0 unspecified atom stereocenters. The third kappa shape index (κ3) is 3.27. The Balaban J connectivity index is 1.45. The molecule has 1 atom stereocenters. The van der Waals surface area contributed by atoms with Crippen LogP contribution >= 0.6 is 11.3 Å². The molecule has 3 heterocycles. The fourth-order valence-corrected chi connectivity index (χ4v) is 6.30. The summed E-state index contributed by atoms with van der Waals surface area (Å²) in [5, 5.41) is 4.03. The molecule has 166 valence electrons. The van der Waals surface area contributed by atoms with E-state index in [2.05, 4.69) is 47.5 Å². The molecule has 0 aliphatic carbocycles. The van der Waals surface area contributed by atoms with Crippen LogP contribution in [0.3, 0.4) is 0 Å². The third-order valence-corrected chi connectivity index (χ3v) is 8.06. The van der Waals surface area contributed by atoms with E-state index in [0.29, 0.717) is 5.92 Å². The largest absolute Gasteiger partial charge is 0.354 e. The van der Waals surface area contributed by atoms with Gasteiger partial charge in [0, 0.05) is 44.9 Å². The Morgan fingerprint density at radius 1 is 1.16 bits per heavy atom. The molecule has 6 nitrogen and oxygen atoms in total. The molecule has 1 saturated heterocycles. The Morgan fingerprint density at radius 3 is 2.62 bits per heavy atom. The Labute approximate surface area is 191 Å². The number of thiophene rings is 1. The van der Waals surface area contributed by atoms with Gasteiger partial charge in [-0.15, -0.1) is 11.3 Å². The Hall–Kier alpha value is -2.90. The molecular weight excluding hydrogens is 420 g/mol. The van der Waals surface area contributed by atoms with Gasteiger partial charge in [-0.25, -0.2) is 4.79 Å². The first-order chi connectivity index (χ1) is 15.4. The van der Waals surface area contributed by atoms with Crippen molar-refractivity contribution >= 4 is 38.4 Å². The average molecular weight is 449 g/mol. The molecule has 2 aromatic carbocycles. The van der Waals surface area contributed by atoms with Crippen molar-refractivity contribution in [1.29, 1.82) is 0 Å². The molecule has 0 spiro atoms. The monoisotopic (exact) mass is 448 g/mol. The lowest BCUT2D eigenvalue weighted by Crippen LogP contribution is -2.22. The number of hydrogen-bond donors (Lipinski definition) is 1. The van der Waals surface area contributed by atoms with Crippen LogP contribution in [0.4, 0.5) is 0 Å². The molecule has 0 radical (unpaired) electrons. The lowest BCUT2D eigenvalue weighted by Gasteiger charge is -2.18. The van der Waals surface area contributed by atoms with Crippen molar-refractivity contribution in [3.63, 3.8) is 0 Å². The second kappa shape index (κ2) is 7.90. The van der Waals surface area contributed by atoms with Gasteiger partial charge in [0.05, 0.1) is 15.9 Å². The molecule has 0 bridgehead atoms. The number of nitrogens with one attached hydrogen (secondary N) is 1. The molecule has 1 aliphatic heterocycles. The quantitative estimate of drug-likeness (QED) is 0.517. The number of benzene rings is 2. The number of nitrogens with zero attached hydrogens (tertiary/aromatic N) is 3. The minimum atomic E-state index is 0.00357. The molecule has 2 aromatic heterocycles. The number of amides is 1. The van der Waals surface area contributed by atoms with Crippen LogP contribution in [0, 0.1) is 6.92 Å². The summed E-state index contributed by atoms with van der Waals surface area (Å²) in [5.74, 6) is 0.342. The predicted octanol–water partition coefficient (Wildman–Crippen LogP) is 3.75. The number of carbonyl (C=O) groups is 1. The van der Waals surface area contributed by atoms with E-state index in [-0.39, 0.29) is 11.6 Å². The fraction of sp³-hybridized carbons (Fsp3) is 0.360. The van der Waals surface area contributed by atoms with E-state index in [9.17, 15) is 9.59 Å². The zero-order chi connectivity index (χ0) is 22.6. The van der Waals surface area contributed by atoms with Crippen LogP contribution in [0.5, 0.6) is 0 Å². The molecule has 1 N–H and O–H groups in total. The van der Waals surface area contributed by atoms with Crippen LogP contribution in [0.1, 0.15) is 38.7 Å². The number of aromatic nitrogens is 2.